The molecular formula is C13H13F2NOS. The highest BCUT2D eigenvalue weighted by atomic mass is 32.1. The first-order valence-corrected chi connectivity index (χ1v) is 6.30. The minimum atomic E-state index is -0.561. The van der Waals surface area contributed by atoms with Gasteiger partial charge in [-0.3, -0.25) is 0 Å². The number of rotatable bonds is 4. The van der Waals surface area contributed by atoms with Crippen molar-refractivity contribution >= 4 is 11.3 Å². The van der Waals surface area contributed by atoms with E-state index in [4.69, 9.17) is 10.5 Å². The molecule has 0 aliphatic heterocycles. The van der Waals surface area contributed by atoms with Gasteiger partial charge >= 0.3 is 0 Å². The van der Waals surface area contributed by atoms with Crippen LogP contribution >= 0.6 is 11.3 Å². The highest BCUT2D eigenvalue weighted by Gasteiger charge is 2.15. The molecule has 2 aromatic rings. The van der Waals surface area contributed by atoms with Crippen LogP contribution in [0.1, 0.15) is 16.5 Å². The molecule has 18 heavy (non-hydrogen) atoms. The SMILES string of the molecule is COc1csc(C(N)Cc2c(F)cccc2F)c1. The fourth-order valence-corrected chi connectivity index (χ4v) is 2.54. The molecule has 1 heterocycles. The van der Waals surface area contributed by atoms with Crippen molar-refractivity contribution in [2.45, 2.75) is 12.5 Å². The Balaban J connectivity index is 2.18. The zero-order valence-corrected chi connectivity index (χ0v) is 10.6. The quantitative estimate of drug-likeness (QED) is 0.924. The average Bonchev–Trinajstić information content (AvgIpc) is 2.82. The number of ether oxygens (including phenoxy) is 1. The van der Waals surface area contributed by atoms with E-state index in [1.807, 2.05) is 5.38 Å². The maximum atomic E-state index is 13.5. The third-order valence-corrected chi connectivity index (χ3v) is 3.73. The fraction of sp³-hybridized carbons (Fsp3) is 0.231. The number of hydrogen-bond donors (Lipinski definition) is 1. The van der Waals surface area contributed by atoms with Gasteiger partial charge in [-0.25, -0.2) is 8.78 Å². The Morgan fingerprint density at radius 1 is 1.33 bits per heavy atom. The smallest absolute Gasteiger partial charge is 0.129 e. The van der Waals surface area contributed by atoms with Crippen molar-refractivity contribution in [3.63, 3.8) is 0 Å². The Hall–Kier alpha value is -1.46. The molecule has 1 aromatic heterocycles. The number of benzene rings is 1. The second-order valence-electron chi connectivity index (χ2n) is 3.90. The van der Waals surface area contributed by atoms with Crippen LogP contribution in [0.2, 0.25) is 0 Å². The van der Waals surface area contributed by atoms with Gasteiger partial charge < -0.3 is 10.5 Å². The zero-order valence-electron chi connectivity index (χ0n) is 9.82. The van der Waals surface area contributed by atoms with Gasteiger partial charge in [0.05, 0.1) is 7.11 Å². The van der Waals surface area contributed by atoms with Crippen LogP contribution in [0.4, 0.5) is 8.78 Å². The summed E-state index contributed by atoms with van der Waals surface area (Å²) in [4.78, 5) is 0.842. The molecule has 0 saturated carbocycles. The monoisotopic (exact) mass is 269 g/mol. The lowest BCUT2D eigenvalue weighted by Crippen LogP contribution is -2.13. The van der Waals surface area contributed by atoms with E-state index in [9.17, 15) is 8.78 Å². The van der Waals surface area contributed by atoms with E-state index in [2.05, 4.69) is 0 Å². The lowest BCUT2D eigenvalue weighted by atomic mass is 10.0. The molecule has 0 aliphatic carbocycles. The predicted molar refractivity (Wildman–Crippen MR) is 67.9 cm³/mol. The van der Waals surface area contributed by atoms with E-state index in [0.29, 0.717) is 5.75 Å². The first-order valence-electron chi connectivity index (χ1n) is 5.42. The van der Waals surface area contributed by atoms with Gasteiger partial charge in [0, 0.05) is 21.9 Å². The number of methoxy groups -OCH3 is 1. The van der Waals surface area contributed by atoms with E-state index >= 15 is 0 Å². The standard InChI is InChI=1S/C13H13F2NOS/c1-17-8-5-13(18-7-8)12(16)6-9-10(14)3-2-4-11(9)15/h2-5,7,12H,6,16H2,1H3. The molecular weight excluding hydrogens is 256 g/mol. The number of hydrogen-bond acceptors (Lipinski definition) is 3. The van der Waals surface area contributed by atoms with Crippen LogP contribution in [0, 0.1) is 11.6 Å². The highest BCUT2D eigenvalue weighted by Crippen LogP contribution is 2.28. The minimum absolute atomic E-state index is 0.0253. The van der Waals surface area contributed by atoms with Crippen LogP contribution in [-0.4, -0.2) is 7.11 Å². The van der Waals surface area contributed by atoms with E-state index in [-0.39, 0.29) is 12.0 Å². The van der Waals surface area contributed by atoms with Crippen LogP contribution in [0.3, 0.4) is 0 Å². The van der Waals surface area contributed by atoms with Gasteiger partial charge in [0.25, 0.3) is 0 Å². The van der Waals surface area contributed by atoms with Crippen LogP contribution in [0.5, 0.6) is 5.75 Å². The molecule has 0 amide bonds. The largest absolute Gasteiger partial charge is 0.496 e. The van der Waals surface area contributed by atoms with Crippen LogP contribution in [0.25, 0.3) is 0 Å². The van der Waals surface area contributed by atoms with Crippen molar-refractivity contribution in [2.24, 2.45) is 5.73 Å². The molecule has 0 radical (unpaired) electrons. The topological polar surface area (TPSA) is 35.2 Å². The summed E-state index contributed by atoms with van der Waals surface area (Å²) >= 11 is 1.42. The summed E-state index contributed by atoms with van der Waals surface area (Å²) in [5.74, 6) is -0.414. The zero-order chi connectivity index (χ0) is 13.1. The van der Waals surface area contributed by atoms with Crippen molar-refractivity contribution in [1.29, 1.82) is 0 Å². The molecule has 1 atom stereocenters. The molecule has 0 spiro atoms. The summed E-state index contributed by atoms with van der Waals surface area (Å²) in [7, 11) is 1.56. The maximum absolute atomic E-state index is 13.5. The van der Waals surface area contributed by atoms with Crippen LogP contribution in [-0.2, 0) is 6.42 Å². The molecule has 96 valence electrons. The third kappa shape index (κ3) is 2.68. The molecule has 2 N–H and O–H groups in total. The van der Waals surface area contributed by atoms with Crippen molar-refractivity contribution < 1.29 is 13.5 Å². The fourth-order valence-electron chi connectivity index (χ4n) is 1.68. The third-order valence-electron chi connectivity index (χ3n) is 2.68. The van der Waals surface area contributed by atoms with Gasteiger partial charge in [-0.1, -0.05) is 6.07 Å². The van der Waals surface area contributed by atoms with Crippen molar-refractivity contribution in [1.82, 2.24) is 0 Å². The Morgan fingerprint density at radius 3 is 2.56 bits per heavy atom. The molecule has 0 fully saturated rings. The molecule has 0 aliphatic rings. The van der Waals surface area contributed by atoms with E-state index in [0.717, 1.165) is 4.88 Å². The lowest BCUT2D eigenvalue weighted by molar-refractivity contribution is 0.416. The molecule has 1 aromatic carbocycles. The molecule has 5 heteroatoms. The lowest BCUT2D eigenvalue weighted by Gasteiger charge is -2.11. The Kier molecular flexibility index (Phi) is 3.93. The summed E-state index contributed by atoms with van der Waals surface area (Å²) in [6.45, 7) is 0. The number of halogens is 2. The second-order valence-corrected chi connectivity index (χ2v) is 4.84. The summed E-state index contributed by atoms with van der Waals surface area (Å²) < 4.78 is 32.0. The van der Waals surface area contributed by atoms with Gasteiger partial charge in [-0.2, -0.15) is 0 Å². The van der Waals surface area contributed by atoms with E-state index in [1.54, 1.807) is 13.2 Å². The van der Waals surface area contributed by atoms with Gasteiger partial charge in [0.1, 0.15) is 17.4 Å². The summed E-state index contributed by atoms with van der Waals surface area (Å²) in [6, 6.07) is 5.16. The Morgan fingerprint density at radius 2 is 2.00 bits per heavy atom. The Labute approximate surface area is 108 Å². The predicted octanol–water partition coefficient (Wildman–Crippen LogP) is 3.28. The maximum Gasteiger partial charge on any atom is 0.129 e. The summed E-state index contributed by atoms with van der Waals surface area (Å²) in [6.07, 6.45) is 0.127. The van der Waals surface area contributed by atoms with Gasteiger partial charge in [0.15, 0.2) is 0 Å². The molecule has 0 saturated heterocycles. The molecule has 2 nitrogen and oxygen atoms in total. The number of nitrogens with two attached hydrogens (primary N) is 1. The van der Waals surface area contributed by atoms with E-state index < -0.39 is 17.7 Å². The van der Waals surface area contributed by atoms with Crippen molar-refractivity contribution in [3.05, 3.63) is 51.7 Å². The van der Waals surface area contributed by atoms with Gasteiger partial charge in [-0.05, 0) is 24.6 Å². The first-order chi connectivity index (χ1) is 8.61. The molecule has 2 rings (SSSR count). The van der Waals surface area contributed by atoms with E-state index in [1.165, 1.54) is 29.5 Å². The van der Waals surface area contributed by atoms with Crippen LogP contribution < -0.4 is 10.5 Å². The Bertz CT molecular complexity index is 521. The summed E-state index contributed by atoms with van der Waals surface area (Å²) in [5, 5.41) is 1.81. The molecule has 0 bridgehead atoms. The molecule has 1 unspecified atom stereocenters. The van der Waals surface area contributed by atoms with Gasteiger partial charge in [0.2, 0.25) is 0 Å². The van der Waals surface area contributed by atoms with Crippen molar-refractivity contribution in [3.8, 4) is 5.75 Å². The van der Waals surface area contributed by atoms with Gasteiger partial charge in [-0.15, -0.1) is 11.3 Å². The average molecular weight is 269 g/mol. The minimum Gasteiger partial charge on any atom is -0.496 e. The second kappa shape index (κ2) is 5.46. The number of thiophene rings is 1. The first kappa shape index (κ1) is 13.0. The normalized spacial score (nSPS) is 12.4. The highest BCUT2D eigenvalue weighted by molar-refractivity contribution is 7.10. The van der Waals surface area contributed by atoms with Crippen LogP contribution in [0.15, 0.2) is 29.6 Å². The summed E-state index contributed by atoms with van der Waals surface area (Å²) in [5.41, 5.74) is 5.98. The van der Waals surface area contributed by atoms with Crippen molar-refractivity contribution in [2.75, 3.05) is 7.11 Å².